The molecule has 1 aromatic carbocycles. The fraction of sp³-hybridized carbons (Fsp3) is 0.286. The van der Waals surface area contributed by atoms with Crippen molar-refractivity contribution in [1.82, 2.24) is 4.90 Å². The van der Waals surface area contributed by atoms with E-state index < -0.39 is 11.7 Å². The van der Waals surface area contributed by atoms with Crippen molar-refractivity contribution < 1.29 is 13.9 Å². The van der Waals surface area contributed by atoms with E-state index in [0.29, 0.717) is 30.4 Å². The summed E-state index contributed by atoms with van der Waals surface area (Å²) in [6, 6.07) is 7.79. The topological polar surface area (TPSA) is 59.8 Å². The van der Waals surface area contributed by atoms with Gasteiger partial charge in [-0.1, -0.05) is 0 Å². The zero-order valence-electron chi connectivity index (χ0n) is 11.1. The molecular weight excluding hydrogens is 317 g/mol. The minimum atomic E-state index is -0.547. The fourth-order valence-corrected chi connectivity index (χ4v) is 2.18. The maximum Gasteiger partial charge on any atom is 0.415 e. The van der Waals surface area contributed by atoms with Gasteiger partial charge in [-0.15, -0.1) is 23.2 Å². The summed E-state index contributed by atoms with van der Waals surface area (Å²) in [6.45, 7) is 0.686. The molecule has 0 N–H and O–H groups in total. The van der Waals surface area contributed by atoms with Crippen molar-refractivity contribution >= 4 is 40.3 Å². The maximum absolute atomic E-state index is 12.0. The molecule has 0 saturated carbocycles. The van der Waals surface area contributed by atoms with Crippen LogP contribution in [0.5, 0.6) is 5.75 Å². The van der Waals surface area contributed by atoms with Crippen molar-refractivity contribution in [1.29, 1.82) is 0 Å². The predicted octanol–water partition coefficient (Wildman–Crippen LogP) is 3.07. The average molecular weight is 330 g/mol. The van der Waals surface area contributed by atoms with Gasteiger partial charge in [-0.3, -0.25) is 0 Å². The third kappa shape index (κ3) is 4.12. The number of hydrogen-bond donors (Lipinski definition) is 0. The number of rotatable bonds is 5. The maximum atomic E-state index is 12.0. The Morgan fingerprint density at radius 3 is 2.48 bits per heavy atom. The first kappa shape index (κ1) is 15.7. The number of hydrogen-bond acceptors (Lipinski definition) is 4. The molecule has 0 fully saturated rings. The van der Waals surface area contributed by atoms with E-state index in [-0.39, 0.29) is 5.75 Å². The number of carbonyl (C=O) groups excluding carboxylic acids is 1. The van der Waals surface area contributed by atoms with Crippen molar-refractivity contribution in [3.05, 3.63) is 40.8 Å². The Kier molecular flexibility index (Phi) is 5.47. The summed E-state index contributed by atoms with van der Waals surface area (Å²) in [5.41, 5.74) is -0.106. The average Bonchev–Trinajstić information content (AvgIpc) is 2.46. The fourth-order valence-electron chi connectivity index (χ4n) is 1.77. The second-order valence-corrected chi connectivity index (χ2v) is 4.94. The van der Waals surface area contributed by atoms with Gasteiger partial charge in [0.15, 0.2) is 0 Å². The van der Waals surface area contributed by atoms with Gasteiger partial charge in [0, 0.05) is 42.4 Å². The number of benzene rings is 1. The molecule has 0 atom stereocenters. The first-order valence-corrected chi connectivity index (χ1v) is 7.33. The number of amides is 1. The summed E-state index contributed by atoms with van der Waals surface area (Å²) in [5, 5.41) is 0.743. The summed E-state index contributed by atoms with van der Waals surface area (Å²) in [7, 11) is 0. The molecule has 0 radical (unpaired) electrons. The number of ether oxygens (including phenoxy) is 1. The highest BCUT2D eigenvalue weighted by Crippen LogP contribution is 2.20. The molecular formula is C14H13Cl2NO4. The van der Waals surface area contributed by atoms with Crippen LogP contribution in [0, 0.1) is 0 Å². The van der Waals surface area contributed by atoms with Gasteiger partial charge in [0.05, 0.1) is 0 Å². The smallest absolute Gasteiger partial charge is 0.415 e. The lowest BCUT2D eigenvalue weighted by Gasteiger charge is -2.19. The van der Waals surface area contributed by atoms with E-state index >= 15 is 0 Å². The second kappa shape index (κ2) is 7.33. The van der Waals surface area contributed by atoms with Gasteiger partial charge < -0.3 is 14.1 Å². The Morgan fingerprint density at radius 2 is 1.81 bits per heavy atom. The largest absolute Gasteiger partial charge is 0.423 e. The molecule has 0 unspecified atom stereocenters. The lowest BCUT2D eigenvalue weighted by atomic mass is 10.2. The van der Waals surface area contributed by atoms with E-state index in [4.69, 9.17) is 32.4 Å². The minimum Gasteiger partial charge on any atom is -0.423 e. The van der Waals surface area contributed by atoms with E-state index in [9.17, 15) is 9.59 Å². The summed E-state index contributed by atoms with van der Waals surface area (Å²) in [4.78, 5) is 24.6. The summed E-state index contributed by atoms with van der Waals surface area (Å²) in [6.07, 6.45) is -0.547. The van der Waals surface area contributed by atoms with Crippen LogP contribution in [-0.2, 0) is 0 Å². The van der Waals surface area contributed by atoms with Crippen LogP contribution in [0.1, 0.15) is 0 Å². The van der Waals surface area contributed by atoms with E-state index in [1.54, 1.807) is 18.2 Å². The number of alkyl halides is 2. The van der Waals surface area contributed by atoms with E-state index in [0.717, 1.165) is 5.39 Å². The van der Waals surface area contributed by atoms with Crippen molar-refractivity contribution in [2.24, 2.45) is 0 Å². The molecule has 2 rings (SSSR count). The molecule has 0 bridgehead atoms. The number of carbonyl (C=O) groups is 1. The van der Waals surface area contributed by atoms with Crippen LogP contribution in [0.3, 0.4) is 0 Å². The van der Waals surface area contributed by atoms with Gasteiger partial charge in [0.2, 0.25) is 0 Å². The van der Waals surface area contributed by atoms with Gasteiger partial charge in [-0.25, -0.2) is 9.59 Å². The van der Waals surface area contributed by atoms with Crippen LogP contribution >= 0.6 is 23.2 Å². The van der Waals surface area contributed by atoms with Crippen molar-refractivity contribution in [3.63, 3.8) is 0 Å². The molecule has 7 heteroatoms. The number of fused-ring (bicyclic) bond motifs is 1. The van der Waals surface area contributed by atoms with E-state index in [1.807, 2.05) is 0 Å². The minimum absolute atomic E-state index is 0.288. The molecule has 0 aliphatic heterocycles. The van der Waals surface area contributed by atoms with Crippen LogP contribution < -0.4 is 10.4 Å². The zero-order valence-corrected chi connectivity index (χ0v) is 12.6. The van der Waals surface area contributed by atoms with Gasteiger partial charge in [0.25, 0.3) is 0 Å². The Balaban J connectivity index is 2.18. The lowest BCUT2D eigenvalue weighted by Crippen LogP contribution is -2.36. The highest BCUT2D eigenvalue weighted by atomic mass is 35.5. The van der Waals surface area contributed by atoms with Gasteiger partial charge in [0.1, 0.15) is 11.3 Å². The molecule has 1 amide bonds. The molecule has 5 nitrogen and oxygen atoms in total. The Bertz CT molecular complexity index is 680. The lowest BCUT2D eigenvalue weighted by molar-refractivity contribution is 0.158. The first-order valence-electron chi connectivity index (χ1n) is 6.26. The monoisotopic (exact) mass is 329 g/mol. The van der Waals surface area contributed by atoms with E-state index in [1.165, 1.54) is 17.0 Å². The van der Waals surface area contributed by atoms with E-state index in [2.05, 4.69) is 0 Å². The quantitative estimate of drug-likeness (QED) is 0.624. The Hall–Kier alpha value is -1.72. The van der Waals surface area contributed by atoms with Gasteiger partial charge in [-0.05, 0) is 18.2 Å². The highest BCUT2D eigenvalue weighted by Gasteiger charge is 2.15. The Morgan fingerprint density at radius 1 is 1.14 bits per heavy atom. The van der Waals surface area contributed by atoms with Gasteiger partial charge in [-0.2, -0.15) is 0 Å². The predicted molar refractivity (Wildman–Crippen MR) is 81.5 cm³/mol. The SMILES string of the molecule is O=C(Oc1ccc2ccc(=O)oc2c1)N(CCCl)CCCl. The molecule has 0 spiro atoms. The molecule has 1 heterocycles. The van der Waals surface area contributed by atoms with Crippen LogP contribution in [-0.4, -0.2) is 35.8 Å². The molecule has 0 saturated heterocycles. The highest BCUT2D eigenvalue weighted by molar-refractivity contribution is 6.18. The third-order valence-electron chi connectivity index (χ3n) is 2.77. The second-order valence-electron chi connectivity index (χ2n) is 4.19. The third-order valence-corrected chi connectivity index (χ3v) is 3.10. The molecule has 2 aromatic rings. The number of halogens is 2. The van der Waals surface area contributed by atoms with Crippen LogP contribution in [0.15, 0.2) is 39.5 Å². The van der Waals surface area contributed by atoms with Crippen molar-refractivity contribution in [3.8, 4) is 5.75 Å². The molecule has 21 heavy (non-hydrogen) atoms. The molecule has 0 aliphatic rings. The zero-order chi connectivity index (χ0) is 15.2. The number of nitrogens with zero attached hydrogens (tertiary/aromatic N) is 1. The van der Waals surface area contributed by atoms with Crippen molar-refractivity contribution in [2.75, 3.05) is 24.8 Å². The summed E-state index contributed by atoms with van der Waals surface area (Å²) >= 11 is 11.3. The summed E-state index contributed by atoms with van der Waals surface area (Å²) in [5.74, 6) is 0.868. The normalized spacial score (nSPS) is 10.6. The first-order chi connectivity index (χ1) is 10.1. The van der Waals surface area contributed by atoms with Crippen molar-refractivity contribution in [2.45, 2.75) is 0 Å². The molecule has 1 aromatic heterocycles. The Labute approximate surface area is 131 Å². The van der Waals surface area contributed by atoms with Crippen LogP contribution in [0.25, 0.3) is 11.0 Å². The molecule has 0 aliphatic carbocycles. The molecule has 112 valence electrons. The summed E-state index contributed by atoms with van der Waals surface area (Å²) < 4.78 is 10.3. The van der Waals surface area contributed by atoms with Gasteiger partial charge >= 0.3 is 11.7 Å². The van der Waals surface area contributed by atoms with Crippen LogP contribution in [0.4, 0.5) is 4.79 Å². The standard InChI is InChI=1S/C14H13Cl2NO4/c15-5-7-17(8-6-16)14(19)20-11-3-1-10-2-4-13(18)21-12(10)9-11/h1-4,9H,5-8H2. The van der Waals surface area contributed by atoms with Crippen LogP contribution in [0.2, 0.25) is 0 Å².